The molecule has 0 spiro atoms. The van der Waals surface area contributed by atoms with Crippen molar-refractivity contribution in [3.05, 3.63) is 72.3 Å². The minimum Gasteiger partial charge on any atom is -0.478 e. The molecule has 0 saturated heterocycles. The van der Waals surface area contributed by atoms with E-state index in [1.165, 1.54) is 17.1 Å². The highest BCUT2D eigenvalue weighted by molar-refractivity contribution is 6.03. The molecule has 25 heavy (non-hydrogen) atoms. The van der Waals surface area contributed by atoms with Crippen LogP contribution in [0.2, 0.25) is 0 Å². The number of carbonyl (C=O) groups excluding carboxylic acids is 1. The molecule has 2 aromatic heterocycles. The second-order valence-electron chi connectivity index (χ2n) is 5.45. The number of imidazole rings is 1. The fraction of sp³-hybridized carbons (Fsp3) is 0. The number of carboxylic acids is 1. The molecule has 0 aliphatic rings. The number of fused-ring (bicyclic) bond motifs is 2. The summed E-state index contributed by atoms with van der Waals surface area (Å²) in [4.78, 5) is 32.0. The fourth-order valence-corrected chi connectivity index (χ4v) is 2.68. The SMILES string of the molecule is O=C(Nn1cnc2c(C(=O)O)cccc21)c1cc2ccccc2cn1. The van der Waals surface area contributed by atoms with E-state index in [0.717, 1.165) is 10.8 Å². The van der Waals surface area contributed by atoms with E-state index in [1.807, 2.05) is 24.3 Å². The van der Waals surface area contributed by atoms with E-state index in [2.05, 4.69) is 15.4 Å². The van der Waals surface area contributed by atoms with Gasteiger partial charge in [-0.15, -0.1) is 0 Å². The van der Waals surface area contributed by atoms with Crippen LogP contribution in [0.25, 0.3) is 21.8 Å². The zero-order valence-electron chi connectivity index (χ0n) is 12.9. The van der Waals surface area contributed by atoms with Crippen LogP contribution in [-0.4, -0.2) is 31.6 Å². The Bertz CT molecular complexity index is 1130. The monoisotopic (exact) mass is 332 g/mol. The molecule has 7 heteroatoms. The molecule has 1 amide bonds. The Morgan fingerprint density at radius 3 is 2.60 bits per heavy atom. The van der Waals surface area contributed by atoms with Crippen molar-refractivity contribution in [1.29, 1.82) is 0 Å². The van der Waals surface area contributed by atoms with Gasteiger partial charge in [0, 0.05) is 11.6 Å². The van der Waals surface area contributed by atoms with Crippen LogP contribution in [0.15, 0.2) is 61.1 Å². The third-order valence-electron chi connectivity index (χ3n) is 3.89. The maximum atomic E-state index is 12.5. The van der Waals surface area contributed by atoms with Gasteiger partial charge in [-0.2, -0.15) is 0 Å². The van der Waals surface area contributed by atoms with Gasteiger partial charge in [-0.3, -0.25) is 15.2 Å². The van der Waals surface area contributed by atoms with Gasteiger partial charge in [0.05, 0.1) is 11.1 Å². The fourth-order valence-electron chi connectivity index (χ4n) is 2.68. The Kier molecular flexibility index (Phi) is 3.39. The topological polar surface area (TPSA) is 97.1 Å². The van der Waals surface area contributed by atoms with Crippen LogP contribution in [-0.2, 0) is 0 Å². The number of pyridine rings is 1. The van der Waals surface area contributed by atoms with Crippen LogP contribution in [0.5, 0.6) is 0 Å². The lowest BCUT2D eigenvalue weighted by Gasteiger charge is -2.07. The number of hydrogen-bond acceptors (Lipinski definition) is 4. The number of carbonyl (C=O) groups is 2. The molecule has 0 unspecified atom stereocenters. The Morgan fingerprint density at radius 1 is 1.00 bits per heavy atom. The summed E-state index contributed by atoms with van der Waals surface area (Å²) in [6, 6.07) is 14.1. The van der Waals surface area contributed by atoms with E-state index >= 15 is 0 Å². The number of rotatable bonds is 3. The summed E-state index contributed by atoms with van der Waals surface area (Å²) in [7, 11) is 0. The zero-order valence-corrected chi connectivity index (χ0v) is 12.9. The van der Waals surface area contributed by atoms with Crippen molar-refractivity contribution in [1.82, 2.24) is 14.6 Å². The molecule has 4 aromatic rings. The summed E-state index contributed by atoms with van der Waals surface area (Å²) in [5, 5.41) is 11.1. The molecule has 0 fully saturated rings. The van der Waals surface area contributed by atoms with Gasteiger partial charge in [-0.05, 0) is 23.6 Å². The summed E-state index contributed by atoms with van der Waals surface area (Å²) in [5.41, 5.74) is 3.81. The molecular weight excluding hydrogens is 320 g/mol. The Balaban J connectivity index is 1.69. The molecule has 0 saturated carbocycles. The number of nitrogens with one attached hydrogen (secondary N) is 1. The lowest BCUT2D eigenvalue weighted by molar-refractivity contribution is 0.0698. The van der Waals surface area contributed by atoms with Gasteiger partial charge in [0.2, 0.25) is 0 Å². The molecule has 4 rings (SSSR count). The van der Waals surface area contributed by atoms with E-state index < -0.39 is 11.9 Å². The summed E-state index contributed by atoms with van der Waals surface area (Å²) in [5.74, 6) is -1.48. The highest BCUT2D eigenvalue weighted by atomic mass is 16.4. The van der Waals surface area contributed by atoms with Crippen molar-refractivity contribution in [3.63, 3.8) is 0 Å². The second kappa shape index (κ2) is 5.72. The number of para-hydroxylation sites is 1. The van der Waals surface area contributed by atoms with Crippen molar-refractivity contribution >= 4 is 33.7 Å². The summed E-state index contributed by atoms with van der Waals surface area (Å²) < 4.78 is 1.39. The number of carboxylic acid groups (broad SMARTS) is 1. The molecule has 122 valence electrons. The van der Waals surface area contributed by atoms with E-state index in [-0.39, 0.29) is 11.3 Å². The minimum absolute atomic E-state index is 0.0781. The molecule has 0 bridgehead atoms. The first-order valence-electron chi connectivity index (χ1n) is 7.49. The standard InChI is InChI=1S/C18H12N4O3/c23-17(14-8-11-4-1-2-5-12(11)9-19-14)21-22-10-20-16-13(18(24)25)6-3-7-15(16)22/h1-10H,(H,21,23)(H,24,25). The first-order chi connectivity index (χ1) is 12.1. The highest BCUT2D eigenvalue weighted by Crippen LogP contribution is 2.17. The first kappa shape index (κ1) is 14.8. The Labute approximate surface area is 141 Å². The zero-order chi connectivity index (χ0) is 17.4. The van der Waals surface area contributed by atoms with Gasteiger partial charge in [0.25, 0.3) is 5.91 Å². The molecule has 2 N–H and O–H groups in total. The molecule has 0 radical (unpaired) electrons. The molecule has 2 aromatic carbocycles. The quantitative estimate of drug-likeness (QED) is 0.601. The number of hydrogen-bond donors (Lipinski definition) is 2. The molecular formula is C18H12N4O3. The number of aromatic nitrogens is 3. The van der Waals surface area contributed by atoms with Crippen LogP contribution in [0.1, 0.15) is 20.8 Å². The lowest BCUT2D eigenvalue weighted by Crippen LogP contribution is -2.23. The number of benzene rings is 2. The largest absolute Gasteiger partial charge is 0.478 e. The van der Waals surface area contributed by atoms with Gasteiger partial charge in [0.1, 0.15) is 17.5 Å². The molecule has 2 heterocycles. The van der Waals surface area contributed by atoms with Crippen molar-refractivity contribution in [2.45, 2.75) is 0 Å². The normalized spacial score (nSPS) is 10.9. The van der Waals surface area contributed by atoms with Crippen molar-refractivity contribution in [3.8, 4) is 0 Å². The summed E-state index contributed by atoms with van der Waals surface area (Å²) in [6.07, 6.45) is 3.01. The van der Waals surface area contributed by atoms with E-state index in [4.69, 9.17) is 0 Å². The summed E-state index contributed by atoms with van der Waals surface area (Å²) >= 11 is 0. The van der Waals surface area contributed by atoms with Crippen LogP contribution >= 0.6 is 0 Å². The Hall–Kier alpha value is -3.74. The highest BCUT2D eigenvalue weighted by Gasteiger charge is 2.15. The van der Waals surface area contributed by atoms with Crippen LogP contribution in [0, 0.1) is 0 Å². The van der Waals surface area contributed by atoms with Gasteiger partial charge < -0.3 is 5.11 Å². The van der Waals surface area contributed by atoms with Gasteiger partial charge in [-0.25, -0.2) is 14.5 Å². The van der Waals surface area contributed by atoms with Gasteiger partial charge in [-0.1, -0.05) is 30.3 Å². The predicted octanol–water partition coefficient (Wildman–Crippen LogP) is 2.67. The lowest BCUT2D eigenvalue weighted by atomic mass is 10.1. The smallest absolute Gasteiger partial charge is 0.337 e. The average molecular weight is 332 g/mol. The predicted molar refractivity (Wildman–Crippen MR) is 92.1 cm³/mol. The maximum Gasteiger partial charge on any atom is 0.337 e. The average Bonchev–Trinajstić information content (AvgIpc) is 3.04. The van der Waals surface area contributed by atoms with Crippen LogP contribution in [0.4, 0.5) is 0 Å². The molecule has 0 aliphatic carbocycles. The van der Waals surface area contributed by atoms with Crippen LogP contribution in [0.3, 0.4) is 0 Å². The van der Waals surface area contributed by atoms with E-state index in [1.54, 1.807) is 24.4 Å². The van der Waals surface area contributed by atoms with Gasteiger partial charge in [0.15, 0.2) is 0 Å². The van der Waals surface area contributed by atoms with E-state index in [9.17, 15) is 14.7 Å². The van der Waals surface area contributed by atoms with Crippen molar-refractivity contribution < 1.29 is 14.7 Å². The minimum atomic E-state index is -1.07. The number of aromatic carboxylic acids is 1. The second-order valence-corrected chi connectivity index (χ2v) is 5.45. The van der Waals surface area contributed by atoms with Crippen molar-refractivity contribution in [2.75, 3.05) is 5.43 Å². The number of amides is 1. The summed E-state index contributed by atoms with van der Waals surface area (Å²) in [6.45, 7) is 0. The maximum absolute atomic E-state index is 12.5. The third kappa shape index (κ3) is 2.57. The van der Waals surface area contributed by atoms with Crippen molar-refractivity contribution in [2.24, 2.45) is 0 Å². The van der Waals surface area contributed by atoms with E-state index in [0.29, 0.717) is 11.0 Å². The first-order valence-corrected chi connectivity index (χ1v) is 7.49. The Morgan fingerprint density at radius 2 is 1.80 bits per heavy atom. The molecule has 7 nitrogen and oxygen atoms in total. The third-order valence-corrected chi connectivity index (χ3v) is 3.89. The molecule has 0 atom stereocenters. The van der Waals surface area contributed by atoms with Gasteiger partial charge >= 0.3 is 5.97 Å². The van der Waals surface area contributed by atoms with Crippen LogP contribution < -0.4 is 5.43 Å². The molecule has 0 aliphatic heterocycles. The number of nitrogens with zero attached hydrogens (tertiary/aromatic N) is 3.